The Bertz CT molecular complexity index is 634. The van der Waals surface area contributed by atoms with Crippen molar-refractivity contribution in [2.45, 2.75) is 58.0 Å². The van der Waals surface area contributed by atoms with E-state index >= 15 is 0 Å². The van der Waals surface area contributed by atoms with Crippen LogP contribution in [0.5, 0.6) is 0 Å². The largest absolute Gasteiger partial charge is 0.389 e. The molecule has 112 valence electrons. The van der Waals surface area contributed by atoms with Crippen LogP contribution in [0, 0.1) is 5.41 Å². The summed E-state index contributed by atoms with van der Waals surface area (Å²) in [5, 5.41) is 12.1. The molecule has 0 amide bonds. The number of fused-ring (bicyclic) bond motifs is 1. The average Bonchev–Trinajstić information content (AvgIpc) is 2.58. The Balaban J connectivity index is 1.80. The molecular formula is C19H25NO. The fraction of sp³-hybridized carbons (Fsp3) is 0.526. The van der Waals surface area contributed by atoms with Crippen LogP contribution in [0.4, 0.5) is 0 Å². The molecule has 2 nitrogen and oxygen atoms in total. The molecule has 0 saturated heterocycles. The minimum Gasteiger partial charge on any atom is -0.389 e. The smallest absolute Gasteiger partial charge is 0.0705 e. The Hall–Kier alpha value is -1.41. The molecule has 1 N–H and O–H groups in total. The summed E-state index contributed by atoms with van der Waals surface area (Å²) in [6, 6.07) is 12.3. The van der Waals surface area contributed by atoms with E-state index < -0.39 is 5.60 Å². The molecule has 1 unspecified atom stereocenters. The van der Waals surface area contributed by atoms with Gasteiger partial charge >= 0.3 is 0 Å². The molecule has 1 aromatic heterocycles. The number of aliphatic hydroxyl groups is 1. The van der Waals surface area contributed by atoms with Crippen molar-refractivity contribution in [1.29, 1.82) is 0 Å². The van der Waals surface area contributed by atoms with Crippen LogP contribution in [0.1, 0.15) is 51.6 Å². The van der Waals surface area contributed by atoms with Gasteiger partial charge in [-0.25, -0.2) is 0 Å². The minimum atomic E-state index is -0.580. The maximum Gasteiger partial charge on any atom is 0.0705 e. The lowest BCUT2D eigenvalue weighted by Gasteiger charge is -2.27. The number of para-hydroxylation sites is 1. The Labute approximate surface area is 127 Å². The van der Waals surface area contributed by atoms with E-state index in [2.05, 4.69) is 32.0 Å². The van der Waals surface area contributed by atoms with Crippen molar-refractivity contribution in [3.63, 3.8) is 0 Å². The zero-order valence-electron chi connectivity index (χ0n) is 13.1. The van der Waals surface area contributed by atoms with Gasteiger partial charge < -0.3 is 5.11 Å². The highest BCUT2D eigenvalue weighted by Gasteiger charge is 2.34. The summed E-state index contributed by atoms with van der Waals surface area (Å²) in [6.07, 6.45) is 5.86. The zero-order chi connectivity index (χ0) is 14.9. The third kappa shape index (κ3) is 3.44. The molecule has 1 saturated carbocycles. The first-order valence-corrected chi connectivity index (χ1v) is 8.03. The van der Waals surface area contributed by atoms with E-state index in [0.29, 0.717) is 11.8 Å². The van der Waals surface area contributed by atoms with E-state index in [4.69, 9.17) is 4.98 Å². The van der Waals surface area contributed by atoms with Gasteiger partial charge in [0, 0.05) is 17.5 Å². The number of nitrogens with zero attached hydrogens (tertiary/aromatic N) is 1. The van der Waals surface area contributed by atoms with E-state index in [9.17, 15) is 5.11 Å². The van der Waals surface area contributed by atoms with Crippen molar-refractivity contribution in [2.75, 3.05) is 0 Å². The van der Waals surface area contributed by atoms with Gasteiger partial charge in [-0.1, -0.05) is 44.5 Å². The molecule has 0 aliphatic heterocycles. The topological polar surface area (TPSA) is 33.1 Å². The van der Waals surface area contributed by atoms with Gasteiger partial charge in [-0.15, -0.1) is 0 Å². The van der Waals surface area contributed by atoms with E-state index in [1.54, 1.807) is 0 Å². The van der Waals surface area contributed by atoms with Crippen LogP contribution < -0.4 is 0 Å². The minimum absolute atomic E-state index is 0.362. The Kier molecular flexibility index (Phi) is 3.75. The second kappa shape index (κ2) is 5.42. The van der Waals surface area contributed by atoms with Gasteiger partial charge in [0.15, 0.2) is 0 Å². The molecule has 1 heterocycles. The molecule has 0 bridgehead atoms. The summed E-state index contributed by atoms with van der Waals surface area (Å²) in [4.78, 5) is 4.72. The van der Waals surface area contributed by atoms with E-state index in [-0.39, 0.29) is 0 Å². The molecule has 2 aromatic rings. The summed E-state index contributed by atoms with van der Waals surface area (Å²) in [5.41, 5.74) is 1.81. The van der Waals surface area contributed by atoms with Crippen LogP contribution in [0.2, 0.25) is 0 Å². The van der Waals surface area contributed by atoms with Crippen molar-refractivity contribution in [3.05, 3.63) is 42.1 Å². The molecule has 0 spiro atoms. The number of aromatic nitrogens is 1. The van der Waals surface area contributed by atoms with Crippen molar-refractivity contribution in [2.24, 2.45) is 5.41 Å². The van der Waals surface area contributed by atoms with Gasteiger partial charge in [-0.2, -0.15) is 0 Å². The highest BCUT2D eigenvalue weighted by Crippen LogP contribution is 2.39. The molecular weight excluding hydrogens is 258 g/mol. The van der Waals surface area contributed by atoms with Crippen LogP contribution in [0.25, 0.3) is 10.9 Å². The van der Waals surface area contributed by atoms with Gasteiger partial charge in [0.2, 0.25) is 0 Å². The quantitative estimate of drug-likeness (QED) is 0.823. The maximum absolute atomic E-state index is 11.0. The maximum atomic E-state index is 11.0. The zero-order valence-corrected chi connectivity index (χ0v) is 13.1. The summed E-state index contributed by atoms with van der Waals surface area (Å²) in [7, 11) is 0. The lowest BCUT2D eigenvalue weighted by molar-refractivity contribution is 0.0218. The second-order valence-electron chi connectivity index (χ2n) is 7.41. The highest BCUT2D eigenvalue weighted by atomic mass is 16.3. The summed E-state index contributed by atoms with van der Waals surface area (Å²) < 4.78 is 0. The number of benzene rings is 1. The predicted molar refractivity (Wildman–Crippen MR) is 87.3 cm³/mol. The van der Waals surface area contributed by atoms with Crippen molar-refractivity contribution in [1.82, 2.24) is 4.98 Å². The Morgan fingerprint density at radius 3 is 2.67 bits per heavy atom. The third-order valence-electron chi connectivity index (χ3n) is 4.93. The fourth-order valence-electron chi connectivity index (χ4n) is 3.44. The molecule has 2 heteroatoms. The van der Waals surface area contributed by atoms with Crippen LogP contribution >= 0.6 is 0 Å². The average molecular weight is 283 g/mol. The number of rotatable bonds is 2. The first kappa shape index (κ1) is 14.5. The van der Waals surface area contributed by atoms with Crippen molar-refractivity contribution in [3.8, 4) is 0 Å². The molecule has 0 radical (unpaired) electrons. The molecule has 1 aliphatic carbocycles. The van der Waals surface area contributed by atoms with Gasteiger partial charge in [0.1, 0.15) is 0 Å². The lowest BCUT2D eigenvalue weighted by Crippen LogP contribution is -2.31. The molecule has 1 aromatic carbocycles. The second-order valence-corrected chi connectivity index (χ2v) is 7.41. The van der Waals surface area contributed by atoms with Gasteiger partial charge in [-0.05, 0) is 43.2 Å². The monoisotopic (exact) mass is 283 g/mol. The SMILES string of the molecule is CC1(C)CCCC(O)(Cc2ccc3ccccc3n2)CC1. The summed E-state index contributed by atoms with van der Waals surface area (Å²) in [6.45, 7) is 4.63. The lowest BCUT2D eigenvalue weighted by atomic mass is 9.83. The van der Waals surface area contributed by atoms with E-state index in [1.807, 2.05) is 18.2 Å². The molecule has 21 heavy (non-hydrogen) atoms. The van der Waals surface area contributed by atoms with E-state index in [0.717, 1.165) is 42.3 Å². The van der Waals surface area contributed by atoms with Crippen LogP contribution in [0.3, 0.4) is 0 Å². The third-order valence-corrected chi connectivity index (χ3v) is 4.93. The summed E-state index contributed by atoms with van der Waals surface area (Å²) >= 11 is 0. The molecule has 1 atom stereocenters. The van der Waals surface area contributed by atoms with Gasteiger partial charge in [0.25, 0.3) is 0 Å². The molecule has 1 aliphatic rings. The first-order chi connectivity index (χ1) is 9.96. The Morgan fingerprint density at radius 1 is 1.00 bits per heavy atom. The highest BCUT2D eigenvalue weighted by molar-refractivity contribution is 5.78. The number of pyridine rings is 1. The van der Waals surface area contributed by atoms with Crippen LogP contribution in [0.15, 0.2) is 36.4 Å². The first-order valence-electron chi connectivity index (χ1n) is 8.03. The number of hydrogen-bond acceptors (Lipinski definition) is 2. The predicted octanol–water partition coefficient (Wildman–Crippen LogP) is 4.50. The standard InChI is InChI=1S/C19H25NO/c1-18(2)10-5-11-19(21,13-12-18)14-16-9-8-15-6-3-4-7-17(15)20-16/h3-4,6-9,21H,5,10-14H2,1-2H3. The molecule has 1 fully saturated rings. The number of hydrogen-bond donors (Lipinski definition) is 1. The normalized spacial score (nSPS) is 25.7. The van der Waals surface area contributed by atoms with Crippen molar-refractivity contribution < 1.29 is 5.11 Å². The van der Waals surface area contributed by atoms with Gasteiger partial charge in [-0.3, -0.25) is 4.98 Å². The molecule has 3 rings (SSSR count). The van der Waals surface area contributed by atoms with E-state index in [1.165, 1.54) is 6.42 Å². The van der Waals surface area contributed by atoms with Crippen LogP contribution in [-0.4, -0.2) is 15.7 Å². The van der Waals surface area contributed by atoms with Gasteiger partial charge in [0.05, 0.1) is 11.1 Å². The van der Waals surface area contributed by atoms with Crippen molar-refractivity contribution >= 4 is 10.9 Å². The fourth-order valence-corrected chi connectivity index (χ4v) is 3.44. The summed E-state index contributed by atoms with van der Waals surface area (Å²) in [5.74, 6) is 0. The Morgan fingerprint density at radius 2 is 1.81 bits per heavy atom. The van der Waals surface area contributed by atoms with Crippen LogP contribution in [-0.2, 0) is 6.42 Å².